The number of halogens is 2. The molecule has 0 aromatic heterocycles. The van der Waals surface area contributed by atoms with Gasteiger partial charge in [-0.2, -0.15) is 5.10 Å². The van der Waals surface area contributed by atoms with Crippen molar-refractivity contribution < 1.29 is 23.1 Å². The smallest absolute Gasteiger partial charge is 0.262 e. The molecule has 2 aromatic rings. The fraction of sp³-hybridized carbons (Fsp3) is 0.483. The number of benzene rings is 2. The summed E-state index contributed by atoms with van der Waals surface area (Å²) in [5, 5.41) is 5.76. The van der Waals surface area contributed by atoms with Gasteiger partial charge in [-0.25, -0.2) is 13.8 Å². The highest BCUT2D eigenvalue weighted by molar-refractivity contribution is 6.03. The number of morpholine rings is 1. The monoisotopic (exact) mass is 524 g/mol. The first-order valence-corrected chi connectivity index (χ1v) is 13.5. The molecule has 2 fully saturated rings. The molecule has 0 radical (unpaired) electrons. The first kappa shape index (κ1) is 26.4. The van der Waals surface area contributed by atoms with Crippen LogP contribution in [0.3, 0.4) is 0 Å². The maximum absolute atomic E-state index is 14.9. The Morgan fingerprint density at radius 3 is 2.37 bits per heavy atom. The van der Waals surface area contributed by atoms with E-state index in [9.17, 15) is 18.4 Å². The van der Waals surface area contributed by atoms with Gasteiger partial charge >= 0.3 is 0 Å². The van der Waals surface area contributed by atoms with Crippen molar-refractivity contribution in [3.8, 4) is 0 Å². The zero-order valence-corrected chi connectivity index (χ0v) is 21.5. The molecule has 5 rings (SSSR count). The Hall–Kier alpha value is -3.17. The van der Waals surface area contributed by atoms with Gasteiger partial charge in [0.2, 0.25) is 5.91 Å². The number of hydrazone groups is 1. The van der Waals surface area contributed by atoms with E-state index in [0.717, 1.165) is 38.8 Å². The van der Waals surface area contributed by atoms with E-state index in [2.05, 4.69) is 10.0 Å². The third-order valence-electron chi connectivity index (χ3n) is 7.75. The van der Waals surface area contributed by atoms with Crippen molar-refractivity contribution >= 4 is 17.5 Å². The van der Waals surface area contributed by atoms with Crippen molar-refractivity contribution in [1.29, 1.82) is 0 Å². The van der Waals surface area contributed by atoms with Crippen LogP contribution in [0.1, 0.15) is 49.3 Å². The van der Waals surface area contributed by atoms with E-state index in [1.807, 2.05) is 0 Å². The number of rotatable bonds is 8. The molecule has 2 heterocycles. The third-order valence-corrected chi connectivity index (χ3v) is 7.75. The van der Waals surface area contributed by atoms with Gasteiger partial charge in [-0.15, -0.1) is 0 Å². The molecular formula is C29H34F2N4O3. The van der Waals surface area contributed by atoms with Crippen LogP contribution < -0.4 is 0 Å². The van der Waals surface area contributed by atoms with Crippen LogP contribution in [0.15, 0.2) is 53.6 Å². The normalized spacial score (nSPS) is 20.5. The van der Waals surface area contributed by atoms with Crippen LogP contribution in [-0.2, 0) is 14.3 Å². The Bertz CT molecular complexity index is 1180. The second kappa shape index (κ2) is 12.1. The molecule has 9 heteroatoms. The summed E-state index contributed by atoms with van der Waals surface area (Å²) in [7, 11) is 0. The summed E-state index contributed by atoms with van der Waals surface area (Å²) >= 11 is 0. The molecule has 1 aliphatic carbocycles. The highest BCUT2D eigenvalue weighted by Crippen LogP contribution is 2.35. The van der Waals surface area contributed by atoms with Crippen molar-refractivity contribution in [3.05, 3.63) is 71.3 Å². The summed E-state index contributed by atoms with van der Waals surface area (Å²) in [5.41, 5.74) is 0.986. The first-order chi connectivity index (χ1) is 18.5. The number of carbonyl (C=O) groups is 2. The van der Waals surface area contributed by atoms with Crippen LogP contribution in [0.4, 0.5) is 8.78 Å². The number of amides is 2. The lowest BCUT2D eigenvalue weighted by Gasteiger charge is -2.32. The van der Waals surface area contributed by atoms with Crippen molar-refractivity contribution in [2.45, 2.75) is 38.1 Å². The second-order valence-electron chi connectivity index (χ2n) is 10.2. The van der Waals surface area contributed by atoms with Gasteiger partial charge in [0.1, 0.15) is 18.2 Å². The lowest BCUT2D eigenvalue weighted by Crippen LogP contribution is -2.48. The molecule has 2 aliphatic heterocycles. The zero-order valence-electron chi connectivity index (χ0n) is 21.5. The van der Waals surface area contributed by atoms with Crippen LogP contribution >= 0.6 is 0 Å². The highest BCUT2D eigenvalue weighted by Gasteiger charge is 2.37. The summed E-state index contributed by atoms with van der Waals surface area (Å²) in [6.45, 7) is 3.80. The second-order valence-corrected chi connectivity index (χ2v) is 10.2. The van der Waals surface area contributed by atoms with Crippen molar-refractivity contribution in [3.63, 3.8) is 0 Å². The summed E-state index contributed by atoms with van der Waals surface area (Å²) in [6, 6.07) is 11.8. The largest absolute Gasteiger partial charge is 0.379 e. The van der Waals surface area contributed by atoms with Gasteiger partial charge in [0.05, 0.1) is 25.0 Å². The van der Waals surface area contributed by atoms with E-state index in [-0.39, 0.29) is 30.4 Å². The van der Waals surface area contributed by atoms with Gasteiger partial charge in [0.25, 0.3) is 5.91 Å². The molecule has 0 bridgehead atoms. The highest BCUT2D eigenvalue weighted by atomic mass is 19.1. The molecular weight excluding hydrogens is 490 g/mol. The quantitative estimate of drug-likeness (QED) is 0.524. The van der Waals surface area contributed by atoms with E-state index in [1.165, 1.54) is 17.1 Å². The minimum atomic E-state index is -0.721. The fourth-order valence-electron chi connectivity index (χ4n) is 5.61. The van der Waals surface area contributed by atoms with Gasteiger partial charge in [0.15, 0.2) is 0 Å². The van der Waals surface area contributed by atoms with Crippen LogP contribution in [0, 0.1) is 17.6 Å². The van der Waals surface area contributed by atoms with Gasteiger partial charge in [-0.05, 0) is 25.0 Å². The van der Waals surface area contributed by atoms with Crippen molar-refractivity contribution in [2.24, 2.45) is 11.0 Å². The number of ether oxygens (including phenoxy) is 1. The summed E-state index contributed by atoms with van der Waals surface area (Å²) in [4.78, 5) is 31.1. The van der Waals surface area contributed by atoms with Crippen LogP contribution in [0.25, 0.3) is 0 Å². The number of nitrogens with zero attached hydrogens (tertiary/aromatic N) is 4. The molecule has 2 aromatic carbocycles. The van der Waals surface area contributed by atoms with Gasteiger partial charge in [-0.3, -0.25) is 14.5 Å². The third kappa shape index (κ3) is 5.94. The Balaban J connectivity index is 1.39. The maximum atomic E-state index is 14.9. The topological polar surface area (TPSA) is 65.5 Å². The molecule has 3 aliphatic rings. The van der Waals surface area contributed by atoms with Crippen molar-refractivity contribution in [2.75, 3.05) is 45.9 Å². The molecule has 2 amide bonds. The van der Waals surface area contributed by atoms with Gasteiger partial charge < -0.3 is 9.64 Å². The van der Waals surface area contributed by atoms with Crippen molar-refractivity contribution in [1.82, 2.24) is 14.8 Å². The molecule has 0 unspecified atom stereocenters. The molecule has 0 N–H and O–H groups in total. The van der Waals surface area contributed by atoms with Crippen LogP contribution in [-0.4, -0.2) is 78.3 Å². The van der Waals surface area contributed by atoms with E-state index in [0.29, 0.717) is 37.6 Å². The average Bonchev–Trinajstić information content (AvgIpc) is 3.63. The Labute approximate surface area is 222 Å². The van der Waals surface area contributed by atoms with E-state index < -0.39 is 23.6 Å². The van der Waals surface area contributed by atoms with Crippen LogP contribution in [0.2, 0.25) is 0 Å². The number of carbonyl (C=O) groups excluding carboxylic acids is 2. The SMILES string of the molecule is O=C(C1CCCC1)N(CCN1CCOCC1)CC(=O)N1N=C(c2ccccc2F)C[C@@H]1c1ccccc1F. The molecule has 1 saturated carbocycles. The van der Waals surface area contributed by atoms with Crippen LogP contribution in [0.5, 0.6) is 0 Å². The fourth-order valence-corrected chi connectivity index (χ4v) is 5.61. The standard InChI is InChI=1S/C29H34F2N4O3/c30-24-11-5-3-9-22(24)26-19-27(23-10-4-6-12-25(23)31)35(32-26)28(36)20-34(29(37)21-7-1-2-8-21)14-13-33-15-17-38-18-16-33/h3-6,9-12,21,27H,1-2,7-8,13-20H2/t27-/m1/s1. The predicted octanol–water partition coefficient (Wildman–Crippen LogP) is 3.99. The lowest BCUT2D eigenvalue weighted by atomic mass is 9.97. The molecule has 0 spiro atoms. The summed E-state index contributed by atoms with van der Waals surface area (Å²) < 4.78 is 34.9. The van der Waals surface area contributed by atoms with E-state index >= 15 is 0 Å². The molecule has 7 nitrogen and oxygen atoms in total. The summed E-state index contributed by atoms with van der Waals surface area (Å²) in [5.74, 6) is -1.39. The van der Waals surface area contributed by atoms with Gasteiger partial charge in [-0.1, -0.05) is 49.2 Å². The predicted molar refractivity (Wildman–Crippen MR) is 139 cm³/mol. The minimum absolute atomic E-state index is 0.0101. The molecule has 1 atom stereocenters. The van der Waals surface area contributed by atoms with E-state index in [1.54, 1.807) is 41.3 Å². The molecule has 202 valence electrons. The van der Waals surface area contributed by atoms with Gasteiger partial charge in [0, 0.05) is 49.6 Å². The Kier molecular flexibility index (Phi) is 8.44. The molecule has 1 saturated heterocycles. The Morgan fingerprint density at radius 1 is 0.974 bits per heavy atom. The average molecular weight is 525 g/mol. The maximum Gasteiger partial charge on any atom is 0.262 e. The summed E-state index contributed by atoms with van der Waals surface area (Å²) in [6.07, 6.45) is 3.87. The van der Waals surface area contributed by atoms with E-state index in [4.69, 9.17) is 4.74 Å². The first-order valence-electron chi connectivity index (χ1n) is 13.5. The molecule has 38 heavy (non-hydrogen) atoms. The minimum Gasteiger partial charge on any atom is -0.379 e. The lowest BCUT2D eigenvalue weighted by molar-refractivity contribution is -0.144. The zero-order chi connectivity index (χ0) is 26.5. The Morgan fingerprint density at radius 2 is 1.66 bits per heavy atom. The number of hydrogen-bond donors (Lipinski definition) is 0. The number of hydrogen-bond acceptors (Lipinski definition) is 5.